The monoisotopic (exact) mass is 242 g/mol. The van der Waals surface area contributed by atoms with E-state index in [-0.39, 0.29) is 17.2 Å². The second-order valence-corrected chi connectivity index (χ2v) is 5.12. The van der Waals surface area contributed by atoms with Crippen molar-refractivity contribution >= 4 is 11.9 Å². The Hall–Kier alpha value is -1.10. The molecule has 1 saturated heterocycles. The Morgan fingerprint density at radius 2 is 2.24 bits per heavy atom. The molecule has 1 aliphatic rings. The van der Waals surface area contributed by atoms with Crippen molar-refractivity contribution in [2.75, 3.05) is 19.6 Å². The van der Waals surface area contributed by atoms with Crippen molar-refractivity contribution in [3.8, 4) is 0 Å². The van der Waals surface area contributed by atoms with E-state index in [9.17, 15) is 9.59 Å². The summed E-state index contributed by atoms with van der Waals surface area (Å²) < 4.78 is 0. The standard InChI is InChI=1S/C12H22N2O3/c1-9(10(15)16)4-3-6-14-11(17)12(2)5-7-13-8-12/h9,13H,3-8H2,1-2H3,(H,14,17)(H,15,16). The SMILES string of the molecule is CC(CCCNC(=O)C1(C)CCNC1)C(=O)O. The van der Waals surface area contributed by atoms with E-state index in [4.69, 9.17) is 5.11 Å². The smallest absolute Gasteiger partial charge is 0.306 e. The molecule has 1 aliphatic heterocycles. The molecule has 17 heavy (non-hydrogen) atoms. The van der Waals surface area contributed by atoms with Crippen LogP contribution in [0.15, 0.2) is 0 Å². The first-order chi connectivity index (χ1) is 7.96. The normalized spacial score (nSPS) is 25.5. The number of amides is 1. The Balaban J connectivity index is 2.18. The average Bonchev–Trinajstić information content (AvgIpc) is 2.72. The van der Waals surface area contributed by atoms with Gasteiger partial charge in [-0.3, -0.25) is 9.59 Å². The van der Waals surface area contributed by atoms with E-state index in [2.05, 4.69) is 10.6 Å². The second kappa shape index (κ2) is 6.00. The highest BCUT2D eigenvalue weighted by Gasteiger charge is 2.35. The van der Waals surface area contributed by atoms with Crippen LogP contribution in [0.5, 0.6) is 0 Å². The summed E-state index contributed by atoms with van der Waals surface area (Å²) in [5.41, 5.74) is -0.293. The summed E-state index contributed by atoms with van der Waals surface area (Å²) in [6.45, 7) is 5.82. The zero-order chi connectivity index (χ0) is 12.9. The van der Waals surface area contributed by atoms with E-state index in [0.717, 1.165) is 19.5 Å². The minimum atomic E-state index is -0.775. The molecule has 1 rings (SSSR count). The summed E-state index contributed by atoms with van der Waals surface area (Å²) in [6, 6.07) is 0. The van der Waals surface area contributed by atoms with Crippen LogP contribution in [0.25, 0.3) is 0 Å². The Bertz CT molecular complexity index is 285. The molecule has 0 aliphatic carbocycles. The van der Waals surface area contributed by atoms with Crippen LogP contribution < -0.4 is 10.6 Å². The zero-order valence-corrected chi connectivity index (χ0v) is 10.6. The van der Waals surface area contributed by atoms with Gasteiger partial charge >= 0.3 is 5.97 Å². The number of rotatable bonds is 6. The van der Waals surface area contributed by atoms with Crippen molar-refractivity contribution in [1.82, 2.24) is 10.6 Å². The minimum absolute atomic E-state index is 0.0745. The van der Waals surface area contributed by atoms with E-state index in [1.807, 2.05) is 6.92 Å². The number of hydrogen-bond donors (Lipinski definition) is 3. The van der Waals surface area contributed by atoms with Gasteiger partial charge in [-0.05, 0) is 32.7 Å². The first-order valence-corrected chi connectivity index (χ1v) is 6.17. The lowest BCUT2D eigenvalue weighted by Crippen LogP contribution is -2.40. The van der Waals surface area contributed by atoms with Crippen molar-refractivity contribution in [3.63, 3.8) is 0 Å². The predicted molar refractivity (Wildman–Crippen MR) is 64.6 cm³/mol. The minimum Gasteiger partial charge on any atom is -0.481 e. The lowest BCUT2D eigenvalue weighted by molar-refractivity contribution is -0.141. The summed E-state index contributed by atoms with van der Waals surface area (Å²) >= 11 is 0. The molecular weight excluding hydrogens is 220 g/mol. The number of carboxylic acids is 1. The summed E-state index contributed by atoms with van der Waals surface area (Å²) in [7, 11) is 0. The molecule has 2 atom stereocenters. The maximum atomic E-state index is 11.9. The van der Waals surface area contributed by atoms with Crippen molar-refractivity contribution < 1.29 is 14.7 Å². The third-order valence-corrected chi connectivity index (χ3v) is 3.44. The highest BCUT2D eigenvalue weighted by atomic mass is 16.4. The fourth-order valence-corrected chi connectivity index (χ4v) is 1.96. The maximum Gasteiger partial charge on any atom is 0.306 e. The van der Waals surface area contributed by atoms with Crippen molar-refractivity contribution in [3.05, 3.63) is 0 Å². The van der Waals surface area contributed by atoms with Gasteiger partial charge in [0.1, 0.15) is 0 Å². The van der Waals surface area contributed by atoms with Crippen LogP contribution in [0.1, 0.15) is 33.1 Å². The van der Waals surface area contributed by atoms with Gasteiger partial charge in [0.2, 0.25) is 5.91 Å². The number of carboxylic acid groups (broad SMARTS) is 1. The largest absolute Gasteiger partial charge is 0.481 e. The molecule has 1 fully saturated rings. The lowest BCUT2D eigenvalue weighted by Gasteiger charge is -2.21. The quantitative estimate of drug-likeness (QED) is 0.596. The third-order valence-electron chi connectivity index (χ3n) is 3.44. The maximum absolute atomic E-state index is 11.9. The van der Waals surface area contributed by atoms with Crippen molar-refractivity contribution in [1.29, 1.82) is 0 Å². The molecule has 0 spiro atoms. The molecule has 3 N–H and O–H groups in total. The van der Waals surface area contributed by atoms with Gasteiger partial charge in [0.25, 0.3) is 0 Å². The van der Waals surface area contributed by atoms with Gasteiger partial charge in [-0.2, -0.15) is 0 Å². The number of nitrogens with one attached hydrogen (secondary N) is 2. The topological polar surface area (TPSA) is 78.4 Å². The van der Waals surface area contributed by atoms with Crippen LogP contribution in [0, 0.1) is 11.3 Å². The van der Waals surface area contributed by atoms with Gasteiger partial charge in [-0.25, -0.2) is 0 Å². The molecule has 1 heterocycles. The Morgan fingerprint density at radius 3 is 2.76 bits per heavy atom. The van der Waals surface area contributed by atoms with Crippen LogP contribution in [0.3, 0.4) is 0 Å². The van der Waals surface area contributed by atoms with Gasteiger partial charge < -0.3 is 15.7 Å². The third kappa shape index (κ3) is 4.00. The molecule has 1 amide bonds. The zero-order valence-electron chi connectivity index (χ0n) is 10.6. The second-order valence-electron chi connectivity index (χ2n) is 5.12. The fourth-order valence-electron chi connectivity index (χ4n) is 1.96. The Kier molecular flexibility index (Phi) is 4.93. The highest BCUT2D eigenvalue weighted by Crippen LogP contribution is 2.24. The lowest BCUT2D eigenvalue weighted by atomic mass is 9.89. The average molecular weight is 242 g/mol. The van der Waals surface area contributed by atoms with Gasteiger partial charge in [0, 0.05) is 13.1 Å². The molecule has 5 nitrogen and oxygen atoms in total. The molecule has 98 valence electrons. The van der Waals surface area contributed by atoms with E-state index in [1.54, 1.807) is 6.92 Å². The van der Waals surface area contributed by atoms with Crippen LogP contribution >= 0.6 is 0 Å². The molecule has 0 aromatic rings. The molecule has 0 bridgehead atoms. The molecular formula is C12H22N2O3. The van der Waals surface area contributed by atoms with E-state index >= 15 is 0 Å². The van der Waals surface area contributed by atoms with Crippen LogP contribution in [0.2, 0.25) is 0 Å². The highest BCUT2D eigenvalue weighted by molar-refractivity contribution is 5.82. The van der Waals surface area contributed by atoms with Crippen LogP contribution in [-0.4, -0.2) is 36.6 Å². The Morgan fingerprint density at radius 1 is 1.53 bits per heavy atom. The molecule has 0 saturated carbocycles. The van der Waals surface area contributed by atoms with Crippen LogP contribution in [0.4, 0.5) is 0 Å². The van der Waals surface area contributed by atoms with Gasteiger partial charge in [-0.15, -0.1) is 0 Å². The molecule has 5 heteroatoms. The molecule has 2 unspecified atom stereocenters. The van der Waals surface area contributed by atoms with Gasteiger partial charge in [0.05, 0.1) is 11.3 Å². The number of carbonyl (C=O) groups is 2. The van der Waals surface area contributed by atoms with E-state index in [1.165, 1.54) is 0 Å². The van der Waals surface area contributed by atoms with Gasteiger partial charge in [0.15, 0.2) is 0 Å². The first kappa shape index (κ1) is 14.0. The number of hydrogen-bond acceptors (Lipinski definition) is 3. The first-order valence-electron chi connectivity index (χ1n) is 6.17. The predicted octanol–water partition coefficient (Wildman–Crippen LogP) is 0.603. The summed E-state index contributed by atoms with van der Waals surface area (Å²) in [5.74, 6) is -1.04. The van der Waals surface area contributed by atoms with E-state index < -0.39 is 5.97 Å². The van der Waals surface area contributed by atoms with Crippen molar-refractivity contribution in [2.45, 2.75) is 33.1 Å². The molecule has 0 radical (unpaired) electrons. The molecule has 0 aromatic heterocycles. The number of aliphatic carboxylic acids is 1. The van der Waals surface area contributed by atoms with Crippen LogP contribution in [-0.2, 0) is 9.59 Å². The summed E-state index contributed by atoms with van der Waals surface area (Å²) in [6.07, 6.45) is 2.18. The van der Waals surface area contributed by atoms with Crippen molar-refractivity contribution in [2.24, 2.45) is 11.3 Å². The van der Waals surface area contributed by atoms with E-state index in [0.29, 0.717) is 19.4 Å². The van der Waals surface area contributed by atoms with Gasteiger partial charge in [-0.1, -0.05) is 6.92 Å². The summed E-state index contributed by atoms with van der Waals surface area (Å²) in [4.78, 5) is 22.5. The fraction of sp³-hybridized carbons (Fsp3) is 0.833. The Labute approximate surface area is 102 Å². The molecule has 0 aromatic carbocycles. The number of carbonyl (C=O) groups excluding carboxylic acids is 1. The summed E-state index contributed by atoms with van der Waals surface area (Å²) in [5, 5.41) is 14.8.